The van der Waals surface area contributed by atoms with Crippen molar-refractivity contribution in [3.05, 3.63) is 24.3 Å². The second-order valence-corrected chi connectivity index (χ2v) is 5.70. The Morgan fingerprint density at radius 3 is 2.74 bits per heavy atom. The van der Waals surface area contributed by atoms with E-state index in [0.29, 0.717) is 12.2 Å². The van der Waals surface area contributed by atoms with Gasteiger partial charge in [-0.15, -0.1) is 0 Å². The van der Waals surface area contributed by atoms with E-state index in [0.717, 1.165) is 36.3 Å². The van der Waals surface area contributed by atoms with E-state index in [1.54, 1.807) is 6.07 Å². The third-order valence-corrected chi connectivity index (χ3v) is 3.74. The first-order valence-electron chi connectivity index (χ1n) is 6.64. The van der Waals surface area contributed by atoms with Gasteiger partial charge in [-0.05, 0) is 25.2 Å². The fraction of sp³-hybridized carbons (Fsp3) is 0.500. The Balaban J connectivity index is 1.91. The van der Waals surface area contributed by atoms with Crippen molar-refractivity contribution in [2.45, 2.75) is 0 Å². The van der Waals surface area contributed by atoms with Crippen molar-refractivity contribution >= 4 is 17.3 Å². The molecule has 0 aliphatic carbocycles. The lowest BCUT2D eigenvalue weighted by Crippen LogP contribution is -2.58. The number of quaternary nitrogens is 1. The summed E-state index contributed by atoms with van der Waals surface area (Å²) in [4.78, 5) is 14.4. The number of carbonyl (C=O) groups excluding carboxylic acids is 1. The summed E-state index contributed by atoms with van der Waals surface area (Å²) in [6.07, 6.45) is 0. The van der Waals surface area contributed by atoms with Crippen LogP contribution in [0.4, 0.5) is 11.4 Å². The number of amides is 1. The zero-order valence-corrected chi connectivity index (χ0v) is 11.7. The number of hydrogen-bond donors (Lipinski definition) is 2. The number of likely N-dealkylation sites (N-methyl/N-ethyl adjacent to an activating group) is 2. The molecule has 1 heterocycles. The van der Waals surface area contributed by atoms with E-state index >= 15 is 0 Å². The lowest BCUT2D eigenvalue weighted by molar-refractivity contribution is -0.905. The van der Waals surface area contributed by atoms with Crippen LogP contribution in [0.2, 0.25) is 0 Å². The van der Waals surface area contributed by atoms with Gasteiger partial charge in [0.15, 0.2) is 6.54 Å². The van der Waals surface area contributed by atoms with Crippen molar-refractivity contribution < 1.29 is 9.28 Å². The van der Waals surface area contributed by atoms with Crippen LogP contribution in [0.25, 0.3) is 0 Å². The molecule has 1 fully saturated rings. The lowest BCUT2D eigenvalue weighted by atomic mass is 10.2. The minimum absolute atomic E-state index is 0.0534. The molecule has 0 atom stereocenters. The van der Waals surface area contributed by atoms with E-state index in [1.165, 1.54) is 0 Å². The zero-order chi connectivity index (χ0) is 13.9. The van der Waals surface area contributed by atoms with Crippen LogP contribution in [0.5, 0.6) is 0 Å². The number of carbonyl (C=O) groups is 1. The van der Waals surface area contributed by atoms with Gasteiger partial charge >= 0.3 is 0 Å². The molecule has 1 aromatic rings. The second kappa shape index (κ2) is 5.59. The Morgan fingerprint density at radius 2 is 2.11 bits per heavy atom. The predicted octanol–water partition coefficient (Wildman–Crippen LogP) is 0.599. The molecule has 0 unspecified atom stereocenters. The van der Waals surface area contributed by atoms with Crippen molar-refractivity contribution in [2.75, 3.05) is 57.9 Å². The van der Waals surface area contributed by atoms with Crippen molar-refractivity contribution in [3.8, 4) is 0 Å². The quantitative estimate of drug-likeness (QED) is 0.620. The van der Waals surface area contributed by atoms with Gasteiger partial charge in [-0.2, -0.15) is 0 Å². The molecule has 1 saturated heterocycles. The van der Waals surface area contributed by atoms with Crippen molar-refractivity contribution in [2.24, 2.45) is 0 Å². The third kappa shape index (κ3) is 3.94. The Morgan fingerprint density at radius 1 is 1.42 bits per heavy atom. The molecule has 3 N–H and O–H groups in total. The molecule has 104 valence electrons. The lowest BCUT2D eigenvalue weighted by Gasteiger charge is -2.40. The maximum atomic E-state index is 12.1. The Kier molecular flexibility index (Phi) is 4.07. The number of hydrogen-bond acceptors (Lipinski definition) is 3. The van der Waals surface area contributed by atoms with Gasteiger partial charge in [0.05, 0.1) is 20.1 Å². The van der Waals surface area contributed by atoms with Crippen LogP contribution in [0, 0.1) is 0 Å². The first kappa shape index (κ1) is 13.8. The number of nitrogens with zero attached hydrogens (tertiary/aromatic N) is 2. The number of benzene rings is 1. The van der Waals surface area contributed by atoms with Gasteiger partial charge in [0.2, 0.25) is 0 Å². The molecule has 5 nitrogen and oxygen atoms in total. The van der Waals surface area contributed by atoms with E-state index in [1.807, 2.05) is 18.2 Å². The molecule has 1 aliphatic rings. The maximum Gasteiger partial charge on any atom is 0.279 e. The highest BCUT2D eigenvalue weighted by molar-refractivity contribution is 5.92. The van der Waals surface area contributed by atoms with Gasteiger partial charge in [-0.1, -0.05) is 6.07 Å². The summed E-state index contributed by atoms with van der Waals surface area (Å²) in [6, 6.07) is 7.29. The minimum atomic E-state index is 0.0534. The highest BCUT2D eigenvalue weighted by Gasteiger charge is 2.29. The second-order valence-electron chi connectivity index (χ2n) is 5.70. The number of nitrogens with one attached hydrogen (secondary N) is 1. The summed E-state index contributed by atoms with van der Waals surface area (Å²) >= 11 is 0. The standard InChI is InChI=1S/C14H22N4O/c1-17-6-8-18(2,9-7-17)11-14(19)16-13-5-3-4-12(15)10-13/h3-5,10H,6-9,11,15H2,1-2H3/p+1. The van der Waals surface area contributed by atoms with Crippen LogP contribution >= 0.6 is 0 Å². The molecule has 1 amide bonds. The monoisotopic (exact) mass is 263 g/mol. The Labute approximate surface area is 114 Å². The number of anilines is 2. The number of piperazine rings is 1. The minimum Gasteiger partial charge on any atom is -0.399 e. The summed E-state index contributed by atoms with van der Waals surface area (Å²) in [6.45, 7) is 4.63. The third-order valence-electron chi connectivity index (χ3n) is 3.74. The Hall–Kier alpha value is -1.59. The van der Waals surface area contributed by atoms with Crippen molar-refractivity contribution in [1.82, 2.24) is 4.90 Å². The fourth-order valence-electron chi connectivity index (χ4n) is 2.37. The van der Waals surface area contributed by atoms with E-state index in [4.69, 9.17) is 5.73 Å². The fourth-order valence-corrected chi connectivity index (χ4v) is 2.37. The molecule has 1 aromatic carbocycles. The summed E-state index contributed by atoms with van der Waals surface area (Å²) in [5.41, 5.74) is 7.13. The summed E-state index contributed by atoms with van der Waals surface area (Å²) < 4.78 is 0.804. The average Bonchev–Trinajstić information content (AvgIpc) is 2.33. The molecule has 0 radical (unpaired) electrons. The Bertz CT molecular complexity index is 453. The van der Waals surface area contributed by atoms with Crippen LogP contribution in [0.15, 0.2) is 24.3 Å². The van der Waals surface area contributed by atoms with Gasteiger partial charge in [-0.3, -0.25) is 9.69 Å². The normalized spacial score (nSPS) is 19.1. The van der Waals surface area contributed by atoms with Crippen LogP contribution in [-0.4, -0.2) is 62.1 Å². The van der Waals surface area contributed by atoms with Gasteiger partial charge in [0.1, 0.15) is 0 Å². The molecule has 0 spiro atoms. The molecule has 1 aliphatic heterocycles. The summed E-state index contributed by atoms with van der Waals surface area (Å²) in [5.74, 6) is 0.0534. The summed E-state index contributed by atoms with van der Waals surface area (Å²) in [5, 5.41) is 2.92. The van der Waals surface area contributed by atoms with Gasteiger partial charge < -0.3 is 15.5 Å². The molecular formula is C14H23N4O+. The number of nitrogen functional groups attached to an aromatic ring is 1. The first-order valence-corrected chi connectivity index (χ1v) is 6.64. The van der Waals surface area contributed by atoms with E-state index in [9.17, 15) is 4.79 Å². The number of nitrogens with two attached hydrogens (primary N) is 1. The van der Waals surface area contributed by atoms with Gasteiger partial charge in [0.25, 0.3) is 5.91 Å². The van der Waals surface area contributed by atoms with E-state index in [2.05, 4.69) is 24.3 Å². The molecule has 0 saturated carbocycles. The highest BCUT2D eigenvalue weighted by atomic mass is 16.2. The summed E-state index contributed by atoms with van der Waals surface area (Å²) in [7, 11) is 4.27. The molecule has 0 aromatic heterocycles. The molecule has 2 rings (SSSR count). The molecule has 5 heteroatoms. The topological polar surface area (TPSA) is 58.4 Å². The van der Waals surface area contributed by atoms with Gasteiger partial charge in [-0.25, -0.2) is 0 Å². The van der Waals surface area contributed by atoms with Crippen LogP contribution < -0.4 is 11.1 Å². The molecule has 19 heavy (non-hydrogen) atoms. The largest absolute Gasteiger partial charge is 0.399 e. The molecular weight excluding hydrogens is 240 g/mol. The predicted molar refractivity (Wildman–Crippen MR) is 77.8 cm³/mol. The first-order chi connectivity index (χ1) is 8.97. The zero-order valence-electron chi connectivity index (χ0n) is 11.7. The average molecular weight is 263 g/mol. The van der Waals surface area contributed by atoms with E-state index in [-0.39, 0.29) is 5.91 Å². The van der Waals surface area contributed by atoms with Crippen LogP contribution in [0.1, 0.15) is 0 Å². The van der Waals surface area contributed by atoms with Gasteiger partial charge in [0, 0.05) is 24.5 Å². The highest BCUT2D eigenvalue weighted by Crippen LogP contribution is 2.13. The van der Waals surface area contributed by atoms with Crippen molar-refractivity contribution in [1.29, 1.82) is 0 Å². The SMILES string of the molecule is CN1CC[N+](C)(CC(=O)Nc2cccc(N)c2)CC1. The smallest absolute Gasteiger partial charge is 0.279 e. The van der Waals surface area contributed by atoms with E-state index < -0.39 is 0 Å². The van der Waals surface area contributed by atoms with Crippen molar-refractivity contribution in [3.63, 3.8) is 0 Å². The van der Waals surface area contributed by atoms with Crippen LogP contribution in [0.3, 0.4) is 0 Å². The maximum absolute atomic E-state index is 12.1. The number of rotatable bonds is 3. The molecule has 0 bridgehead atoms. The van der Waals surface area contributed by atoms with Crippen LogP contribution in [-0.2, 0) is 4.79 Å².